The minimum absolute atomic E-state index is 0.0283. The highest BCUT2D eigenvalue weighted by Crippen LogP contribution is 2.30. The van der Waals surface area contributed by atoms with E-state index in [1.165, 1.54) is 7.11 Å². The van der Waals surface area contributed by atoms with E-state index in [1.54, 1.807) is 44.3 Å². The number of hydrogen-bond donors (Lipinski definition) is 1. The number of hydrogen-bond acceptors (Lipinski definition) is 6. The van der Waals surface area contributed by atoms with Crippen molar-refractivity contribution in [1.29, 1.82) is 0 Å². The Morgan fingerprint density at radius 2 is 1.27 bits per heavy atom. The van der Waals surface area contributed by atoms with Crippen LogP contribution < -0.4 is 5.32 Å². The summed E-state index contributed by atoms with van der Waals surface area (Å²) in [4.78, 5) is 27.4. The Bertz CT molecular complexity index is 864. The van der Waals surface area contributed by atoms with Gasteiger partial charge < -0.3 is 9.47 Å². The summed E-state index contributed by atoms with van der Waals surface area (Å²) in [6, 6.07) is 15.6. The van der Waals surface area contributed by atoms with Gasteiger partial charge >= 0.3 is 12.1 Å². The van der Waals surface area contributed by atoms with Crippen molar-refractivity contribution in [2.75, 3.05) is 19.6 Å². The molecular formula is C23H27NO4S2. The highest BCUT2D eigenvalue weighted by molar-refractivity contribution is 7.98. The Balaban J connectivity index is 2.65. The fourth-order valence-corrected chi connectivity index (χ4v) is 3.51. The molecule has 0 aliphatic heterocycles. The van der Waals surface area contributed by atoms with Gasteiger partial charge in [-0.1, -0.05) is 24.3 Å². The summed E-state index contributed by atoms with van der Waals surface area (Å²) in [5.74, 6) is -0.654. The highest BCUT2D eigenvalue weighted by Gasteiger charge is 2.24. The quantitative estimate of drug-likeness (QED) is 0.355. The molecule has 7 heteroatoms. The number of ether oxygens (including phenoxy) is 2. The number of nitrogens with one attached hydrogen (secondary N) is 1. The van der Waals surface area contributed by atoms with Crippen LogP contribution in [0.3, 0.4) is 0 Å². The molecule has 0 spiro atoms. The molecule has 0 saturated heterocycles. The molecule has 0 radical (unpaired) electrons. The minimum Gasteiger partial charge on any atom is -0.464 e. The van der Waals surface area contributed by atoms with Gasteiger partial charge in [0.15, 0.2) is 0 Å². The van der Waals surface area contributed by atoms with Gasteiger partial charge in [-0.05, 0) is 68.7 Å². The van der Waals surface area contributed by atoms with Gasteiger partial charge in [-0.25, -0.2) is 9.59 Å². The molecule has 30 heavy (non-hydrogen) atoms. The number of thioether (sulfide) groups is 2. The number of amides is 1. The lowest BCUT2D eigenvalue weighted by atomic mass is 9.95. The third-order valence-corrected chi connectivity index (χ3v) is 5.51. The van der Waals surface area contributed by atoms with Gasteiger partial charge in [-0.2, -0.15) is 0 Å². The molecule has 160 valence electrons. The van der Waals surface area contributed by atoms with E-state index < -0.39 is 17.7 Å². The van der Waals surface area contributed by atoms with Crippen LogP contribution in [-0.2, 0) is 14.3 Å². The fourth-order valence-electron chi connectivity index (χ4n) is 2.69. The molecule has 0 heterocycles. The van der Waals surface area contributed by atoms with Gasteiger partial charge in [0.1, 0.15) is 11.3 Å². The normalized spacial score (nSPS) is 10.9. The minimum atomic E-state index is -0.720. The molecule has 0 aliphatic carbocycles. The van der Waals surface area contributed by atoms with Crippen LogP contribution in [0.4, 0.5) is 4.79 Å². The third-order valence-electron chi connectivity index (χ3n) is 4.02. The predicted octanol–water partition coefficient (Wildman–Crippen LogP) is 5.59. The van der Waals surface area contributed by atoms with Crippen LogP contribution in [0.5, 0.6) is 0 Å². The van der Waals surface area contributed by atoms with E-state index in [2.05, 4.69) is 5.32 Å². The Labute approximate surface area is 186 Å². The van der Waals surface area contributed by atoms with Crippen molar-refractivity contribution in [3.05, 3.63) is 65.4 Å². The van der Waals surface area contributed by atoms with Crippen LogP contribution in [0.15, 0.2) is 64.0 Å². The van der Waals surface area contributed by atoms with Crippen LogP contribution in [-0.4, -0.2) is 37.3 Å². The number of carbonyl (C=O) groups excluding carboxylic acids is 2. The molecule has 0 atom stereocenters. The molecular weight excluding hydrogens is 418 g/mol. The molecule has 1 N–H and O–H groups in total. The largest absolute Gasteiger partial charge is 0.464 e. The number of benzene rings is 2. The maximum atomic E-state index is 12.7. The number of rotatable bonds is 6. The van der Waals surface area contributed by atoms with Gasteiger partial charge in [0.05, 0.1) is 7.11 Å². The molecule has 1 amide bonds. The van der Waals surface area contributed by atoms with Crippen LogP contribution in [0, 0.1) is 0 Å². The van der Waals surface area contributed by atoms with Crippen molar-refractivity contribution < 1.29 is 19.1 Å². The lowest BCUT2D eigenvalue weighted by Crippen LogP contribution is -2.35. The van der Waals surface area contributed by atoms with Crippen molar-refractivity contribution in [3.63, 3.8) is 0 Å². The van der Waals surface area contributed by atoms with E-state index in [-0.39, 0.29) is 5.70 Å². The third kappa shape index (κ3) is 6.57. The second-order valence-corrected chi connectivity index (χ2v) is 9.08. The molecule has 5 nitrogen and oxygen atoms in total. The lowest BCUT2D eigenvalue weighted by molar-refractivity contribution is -0.136. The predicted molar refractivity (Wildman–Crippen MR) is 124 cm³/mol. The number of alkyl carbamates (subject to hydrolysis) is 1. The fraction of sp³-hybridized carbons (Fsp3) is 0.304. The summed E-state index contributed by atoms with van der Waals surface area (Å²) < 4.78 is 10.3. The van der Waals surface area contributed by atoms with Crippen molar-refractivity contribution in [2.45, 2.75) is 36.2 Å². The van der Waals surface area contributed by atoms with E-state index in [1.807, 2.05) is 61.0 Å². The number of methoxy groups -OCH3 is 1. The van der Waals surface area contributed by atoms with Crippen molar-refractivity contribution in [2.24, 2.45) is 0 Å². The summed E-state index contributed by atoms with van der Waals surface area (Å²) in [6.07, 6.45) is 3.27. The van der Waals surface area contributed by atoms with Crippen molar-refractivity contribution >= 4 is 41.2 Å². The van der Waals surface area contributed by atoms with E-state index in [0.717, 1.165) is 20.9 Å². The second kappa shape index (κ2) is 10.6. The van der Waals surface area contributed by atoms with E-state index in [0.29, 0.717) is 5.57 Å². The standard InChI is InChI=1S/C23H27NO4S2/c1-23(2,3)28-22(26)24-20(21(25)27-4)19(15-7-11-17(29-5)12-8-15)16-9-13-18(30-6)14-10-16/h7-14H,1-6H3,(H,24,26). The lowest BCUT2D eigenvalue weighted by Gasteiger charge is -2.21. The zero-order chi connectivity index (χ0) is 22.3. The van der Waals surface area contributed by atoms with E-state index in [4.69, 9.17) is 9.47 Å². The highest BCUT2D eigenvalue weighted by atomic mass is 32.2. The summed E-state index contributed by atoms with van der Waals surface area (Å²) in [6.45, 7) is 5.28. The molecule has 0 bridgehead atoms. The van der Waals surface area contributed by atoms with Crippen LogP contribution in [0.2, 0.25) is 0 Å². The summed E-state index contributed by atoms with van der Waals surface area (Å²) in [5, 5.41) is 2.61. The van der Waals surface area contributed by atoms with Crippen molar-refractivity contribution in [1.82, 2.24) is 5.32 Å². The van der Waals surface area contributed by atoms with E-state index in [9.17, 15) is 9.59 Å². The number of esters is 1. The van der Waals surface area contributed by atoms with Gasteiger partial charge in [-0.3, -0.25) is 5.32 Å². The maximum Gasteiger partial charge on any atom is 0.412 e. The van der Waals surface area contributed by atoms with E-state index >= 15 is 0 Å². The summed E-state index contributed by atoms with van der Waals surface area (Å²) >= 11 is 3.25. The van der Waals surface area contributed by atoms with Crippen LogP contribution in [0.1, 0.15) is 31.9 Å². The number of carbonyl (C=O) groups is 2. The zero-order valence-corrected chi connectivity index (χ0v) is 19.7. The Kier molecular flexibility index (Phi) is 8.43. The molecule has 2 aromatic rings. The Morgan fingerprint density at radius 1 is 0.833 bits per heavy atom. The van der Waals surface area contributed by atoms with Crippen LogP contribution in [0.25, 0.3) is 5.57 Å². The Hall–Kier alpha value is -2.38. The molecule has 2 rings (SSSR count). The van der Waals surface area contributed by atoms with Gasteiger partial charge in [0.25, 0.3) is 0 Å². The SMILES string of the molecule is COC(=O)C(NC(=O)OC(C)(C)C)=C(c1ccc(SC)cc1)c1ccc(SC)cc1. The molecule has 0 aromatic heterocycles. The van der Waals surface area contributed by atoms with Gasteiger partial charge in [0, 0.05) is 15.4 Å². The summed E-state index contributed by atoms with van der Waals surface area (Å²) in [5.41, 5.74) is 1.45. The van der Waals surface area contributed by atoms with Gasteiger partial charge in [0.2, 0.25) is 0 Å². The first-order valence-electron chi connectivity index (χ1n) is 9.30. The monoisotopic (exact) mass is 445 g/mol. The van der Waals surface area contributed by atoms with Crippen molar-refractivity contribution in [3.8, 4) is 0 Å². The molecule has 0 saturated carbocycles. The first kappa shape index (κ1) is 23.9. The zero-order valence-electron chi connectivity index (χ0n) is 18.1. The first-order valence-corrected chi connectivity index (χ1v) is 11.7. The Morgan fingerprint density at radius 3 is 1.60 bits per heavy atom. The first-order chi connectivity index (χ1) is 14.2. The van der Waals surface area contributed by atoms with Gasteiger partial charge in [-0.15, -0.1) is 23.5 Å². The average Bonchev–Trinajstić information content (AvgIpc) is 2.72. The topological polar surface area (TPSA) is 64.6 Å². The smallest absolute Gasteiger partial charge is 0.412 e. The maximum absolute atomic E-state index is 12.7. The molecule has 0 aliphatic rings. The molecule has 2 aromatic carbocycles. The second-order valence-electron chi connectivity index (χ2n) is 7.33. The summed E-state index contributed by atoms with van der Waals surface area (Å²) in [7, 11) is 1.28. The molecule has 0 unspecified atom stereocenters. The molecule has 0 fully saturated rings. The average molecular weight is 446 g/mol. The van der Waals surface area contributed by atoms with Crippen LogP contribution >= 0.6 is 23.5 Å².